The van der Waals surface area contributed by atoms with Crippen LogP contribution in [0.3, 0.4) is 0 Å². The van der Waals surface area contributed by atoms with Gasteiger partial charge in [-0.2, -0.15) is 0 Å². The zero-order valence-corrected chi connectivity index (χ0v) is 21.9. The molecule has 0 heteroatoms. The molecule has 3 saturated carbocycles. The Morgan fingerprint density at radius 1 is 1.14 bits per heavy atom. The fourth-order valence-corrected chi connectivity index (χ4v) is 5.88. The minimum atomic E-state index is 0.598. The van der Waals surface area contributed by atoms with E-state index in [0.717, 1.165) is 29.1 Å². The Morgan fingerprint density at radius 3 is 2.21 bits per heavy atom. The molecule has 0 N–H and O–H groups in total. The highest BCUT2D eigenvalue weighted by molar-refractivity contribution is 5.06. The van der Waals surface area contributed by atoms with Gasteiger partial charge in [0.2, 0.25) is 0 Å². The van der Waals surface area contributed by atoms with Crippen LogP contribution in [0.2, 0.25) is 0 Å². The monoisotopic (exact) mass is 404 g/mol. The van der Waals surface area contributed by atoms with Crippen molar-refractivity contribution in [3.63, 3.8) is 0 Å². The first kappa shape index (κ1) is 26.8. The van der Waals surface area contributed by atoms with E-state index in [1.54, 1.807) is 19.3 Å². The molecule has 0 aliphatic heterocycles. The van der Waals surface area contributed by atoms with Crippen molar-refractivity contribution in [2.75, 3.05) is 0 Å². The minimum Gasteiger partial charge on any atom is -0.103 e. The smallest absolute Gasteiger partial charge is 0.0266 e. The molecule has 3 aliphatic rings. The highest BCUT2D eigenvalue weighted by Gasteiger charge is 2.56. The summed E-state index contributed by atoms with van der Waals surface area (Å²) in [5.74, 6) is 3.99. The summed E-state index contributed by atoms with van der Waals surface area (Å²) in [5.41, 5.74) is 2.12. The SMILES string of the molecule is C=CCC(C)CCC1CC1(C)C.CC.CCCC12CCC(C(C)(C)CC)CC1C2. The van der Waals surface area contributed by atoms with Crippen molar-refractivity contribution < 1.29 is 0 Å². The summed E-state index contributed by atoms with van der Waals surface area (Å²) in [5, 5.41) is 0. The minimum absolute atomic E-state index is 0.598. The van der Waals surface area contributed by atoms with Crippen LogP contribution in [-0.2, 0) is 0 Å². The molecule has 5 atom stereocenters. The quantitative estimate of drug-likeness (QED) is 0.335. The van der Waals surface area contributed by atoms with Crippen LogP contribution < -0.4 is 0 Å². The second kappa shape index (κ2) is 11.4. The second-order valence-corrected chi connectivity index (χ2v) is 11.9. The molecule has 0 heterocycles. The fourth-order valence-electron chi connectivity index (χ4n) is 5.88. The molecule has 0 nitrogen and oxygen atoms in total. The molecular formula is C29H56. The van der Waals surface area contributed by atoms with Crippen LogP contribution in [0.15, 0.2) is 12.7 Å². The summed E-state index contributed by atoms with van der Waals surface area (Å²) in [6.45, 7) is 24.5. The van der Waals surface area contributed by atoms with Gasteiger partial charge < -0.3 is 0 Å². The zero-order chi connectivity index (χ0) is 22.3. The van der Waals surface area contributed by atoms with Crippen molar-refractivity contribution in [1.82, 2.24) is 0 Å². The van der Waals surface area contributed by atoms with Crippen molar-refractivity contribution in [3.8, 4) is 0 Å². The Morgan fingerprint density at radius 2 is 1.76 bits per heavy atom. The van der Waals surface area contributed by atoms with Gasteiger partial charge in [-0.05, 0) is 91.3 Å². The van der Waals surface area contributed by atoms with Gasteiger partial charge >= 0.3 is 0 Å². The van der Waals surface area contributed by atoms with E-state index in [1.807, 2.05) is 19.9 Å². The summed E-state index contributed by atoms with van der Waals surface area (Å²) in [6.07, 6.45) is 17.9. The standard InChI is InChI=1S/C15H28.C12H22.C2H6/c1-5-8-15-9-7-12(10-13(15)11-15)14(3,4)6-2;1-5-6-10(2)7-8-11-9-12(11,3)4;1-2/h12-13H,5-11H2,1-4H3;5,10-11H,1,6-9H2,2-4H3;1-2H3. The summed E-state index contributed by atoms with van der Waals surface area (Å²) in [7, 11) is 0. The molecule has 0 radical (unpaired) electrons. The normalized spacial score (nSPS) is 32.5. The van der Waals surface area contributed by atoms with Crippen LogP contribution in [-0.4, -0.2) is 0 Å². The number of rotatable bonds is 9. The van der Waals surface area contributed by atoms with Crippen LogP contribution in [0, 0.1) is 39.9 Å². The van der Waals surface area contributed by atoms with Gasteiger partial charge in [0.05, 0.1) is 0 Å². The maximum atomic E-state index is 3.77. The molecule has 3 fully saturated rings. The van der Waals surface area contributed by atoms with Crippen LogP contribution in [0.25, 0.3) is 0 Å². The molecule has 3 aliphatic carbocycles. The molecule has 0 bridgehead atoms. The van der Waals surface area contributed by atoms with E-state index in [-0.39, 0.29) is 0 Å². The summed E-state index contributed by atoms with van der Waals surface area (Å²) in [4.78, 5) is 0. The molecule has 0 aromatic heterocycles. The first-order valence-electron chi connectivity index (χ1n) is 13.2. The number of hydrogen-bond acceptors (Lipinski definition) is 0. The van der Waals surface area contributed by atoms with E-state index < -0.39 is 0 Å². The number of hydrogen-bond donors (Lipinski definition) is 0. The molecule has 0 spiro atoms. The van der Waals surface area contributed by atoms with Gasteiger partial charge in [0, 0.05) is 0 Å². The predicted molar refractivity (Wildman–Crippen MR) is 133 cm³/mol. The van der Waals surface area contributed by atoms with Crippen LogP contribution >= 0.6 is 0 Å². The van der Waals surface area contributed by atoms with Crippen molar-refractivity contribution in [1.29, 1.82) is 0 Å². The van der Waals surface area contributed by atoms with Crippen LogP contribution in [0.5, 0.6) is 0 Å². The van der Waals surface area contributed by atoms with Crippen LogP contribution in [0.4, 0.5) is 0 Å². The summed E-state index contributed by atoms with van der Waals surface area (Å²) >= 11 is 0. The van der Waals surface area contributed by atoms with Crippen molar-refractivity contribution >= 4 is 0 Å². The molecule has 0 aromatic rings. The Bertz CT molecular complexity index is 470. The molecule has 3 rings (SSSR count). The molecular weight excluding hydrogens is 348 g/mol. The lowest BCUT2D eigenvalue weighted by Gasteiger charge is -2.38. The zero-order valence-electron chi connectivity index (χ0n) is 21.9. The van der Waals surface area contributed by atoms with Crippen molar-refractivity contribution in [3.05, 3.63) is 12.7 Å². The van der Waals surface area contributed by atoms with Gasteiger partial charge in [0.1, 0.15) is 0 Å². The number of allylic oxidation sites excluding steroid dienone is 1. The largest absolute Gasteiger partial charge is 0.103 e. The summed E-state index contributed by atoms with van der Waals surface area (Å²) < 4.78 is 0. The maximum absolute atomic E-state index is 3.77. The first-order chi connectivity index (χ1) is 13.6. The third kappa shape index (κ3) is 7.74. The second-order valence-electron chi connectivity index (χ2n) is 11.9. The first-order valence-corrected chi connectivity index (χ1v) is 13.2. The highest BCUT2D eigenvalue weighted by Crippen LogP contribution is 2.66. The molecule has 0 amide bonds. The average Bonchev–Trinajstić information content (AvgIpc) is 3.56. The topological polar surface area (TPSA) is 0 Å². The van der Waals surface area contributed by atoms with Crippen LogP contribution in [0.1, 0.15) is 133 Å². The van der Waals surface area contributed by atoms with Crippen molar-refractivity contribution in [2.45, 2.75) is 133 Å². The third-order valence-corrected chi connectivity index (χ3v) is 8.98. The predicted octanol–water partition coefficient (Wildman–Crippen LogP) is 10.1. The third-order valence-electron chi connectivity index (χ3n) is 8.98. The Labute approximate surface area is 185 Å². The Balaban J connectivity index is 0.000000273. The Hall–Kier alpha value is -0.260. The lowest BCUT2D eigenvalue weighted by molar-refractivity contribution is 0.121. The number of fused-ring (bicyclic) bond motifs is 1. The van der Waals surface area contributed by atoms with E-state index in [1.165, 1.54) is 51.4 Å². The fraction of sp³-hybridized carbons (Fsp3) is 0.931. The lowest BCUT2D eigenvalue weighted by Crippen LogP contribution is -2.28. The lowest BCUT2D eigenvalue weighted by atomic mass is 9.67. The molecule has 0 saturated heterocycles. The van der Waals surface area contributed by atoms with Gasteiger partial charge in [0.25, 0.3) is 0 Å². The Kier molecular flexibility index (Phi) is 10.5. The maximum Gasteiger partial charge on any atom is -0.0266 e. The van der Waals surface area contributed by atoms with Gasteiger partial charge in [0.15, 0.2) is 0 Å². The molecule has 5 unspecified atom stereocenters. The van der Waals surface area contributed by atoms with E-state index in [2.05, 4.69) is 55.0 Å². The van der Waals surface area contributed by atoms with Crippen molar-refractivity contribution in [2.24, 2.45) is 39.9 Å². The van der Waals surface area contributed by atoms with Gasteiger partial charge in [-0.1, -0.05) is 87.7 Å². The average molecular weight is 405 g/mol. The molecule has 0 aromatic carbocycles. The molecule has 29 heavy (non-hydrogen) atoms. The highest BCUT2D eigenvalue weighted by atomic mass is 14.6. The van der Waals surface area contributed by atoms with E-state index >= 15 is 0 Å². The molecule has 172 valence electrons. The van der Waals surface area contributed by atoms with Gasteiger partial charge in [-0.15, -0.1) is 6.58 Å². The van der Waals surface area contributed by atoms with E-state index in [4.69, 9.17) is 0 Å². The van der Waals surface area contributed by atoms with E-state index in [9.17, 15) is 0 Å². The van der Waals surface area contributed by atoms with E-state index in [0.29, 0.717) is 10.8 Å². The van der Waals surface area contributed by atoms with Gasteiger partial charge in [-0.25, -0.2) is 0 Å². The van der Waals surface area contributed by atoms with Gasteiger partial charge in [-0.3, -0.25) is 0 Å². The summed E-state index contributed by atoms with van der Waals surface area (Å²) in [6, 6.07) is 0.